The fraction of sp³-hybridized carbons (Fsp3) is 0.235. The molecule has 0 unspecified atom stereocenters. The minimum absolute atomic E-state index is 0.0668. The Balaban J connectivity index is 1.72. The van der Waals surface area contributed by atoms with Crippen LogP contribution in [0.25, 0.3) is 0 Å². The standard InChI is InChI=1S/C17H18ClNO3/c1-21-16-8-7-13(11-15(16)18)12-19-17(20)9-10-22-14-5-3-2-4-6-14/h2-8,11H,9-10,12H2,1H3,(H,19,20). The van der Waals surface area contributed by atoms with Crippen LogP contribution in [0.3, 0.4) is 0 Å². The average molecular weight is 320 g/mol. The highest BCUT2D eigenvalue weighted by atomic mass is 35.5. The maximum Gasteiger partial charge on any atom is 0.223 e. The molecule has 0 radical (unpaired) electrons. The van der Waals surface area contributed by atoms with E-state index in [-0.39, 0.29) is 5.91 Å². The van der Waals surface area contributed by atoms with E-state index in [1.807, 2.05) is 36.4 Å². The number of hydrogen-bond donors (Lipinski definition) is 1. The molecular formula is C17H18ClNO3. The molecule has 0 aliphatic heterocycles. The van der Waals surface area contributed by atoms with Crippen molar-refractivity contribution in [3.8, 4) is 11.5 Å². The summed E-state index contributed by atoms with van der Waals surface area (Å²) in [5.41, 5.74) is 0.920. The average Bonchev–Trinajstić information content (AvgIpc) is 2.54. The largest absolute Gasteiger partial charge is 0.495 e. The van der Waals surface area contributed by atoms with Gasteiger partial charge in [-0.1, -0.05) is 35.9 Å². The second-order valence-corrected chi connectivity index (χ2v) is 5.06. The van der Waals surface area contributed by atoms with Crippen molar-refractivity contribution in [1.82, 2.24) is 5.32 Å². The van der Waals surface area contributed by atoms with Gasteiger partial charge in [-0.2, -0.15) is 0 Å². The summed E-state index contributed by atoms with van der Waals surface area (Å²) in [5, 5.41) is 3.36. The van der Waals surface area contributed by atoms with Gasteiger partial charge in [0.05, 0.1) is 25.2 Å². The second kappa shape index (κ2) is 8.29. The number of rotatable bonds is 7. The summed E-state index contributed by atoms with van der Waals surface area (Å²) in [6.45, 7) is 0.771. The minimum atomic E-state index is -0.0668. The molecule has 4 nitrogen and oxygen atoms in total. The molecule has 0 spiro atoms. The van der Waals surface area contributed by atoms with Crippen molar-refractivity contribution >= 4 is 17.5 Å². The summed E-state index contributed by atoms with van der Waals surface area (Å²) in [5.74, 6) is 1.31. The fourth-order valence-corrected chi connectivity index (χ4v) is 2.17. The van der Waals surface area contributed by atoms with Crippen LogP contribution in [-0.4, -0.2) is 19.6 Å². The molecule has 1 N–H and O–H groups in total. The molecule has 0 aliphatic carbocycles. The molecule has 0 heterocycles. The number of ether oxygens (including phenoxy) is 2. The molecule has 0 aromatic heterocycles. The summed E-state index contributed by atoms with van der Waals surface area (Å²) in [7, 11) is 1.56. The molecule has 5 heteroatoms. The van der Waals surface area contributed by atoms with Crippen LogP contribution in [0.1, 0.15) is 12.0 Å². The number of methoxy groups -OCH3 is 1. The van der Waals surface area contributed by atoms with Gasteiger partial charge in [-0.05, 0) is 29.8 Å². The van der Waals surface area contributed by atoms with E-state index in [1.54, 1.807) is 19.2 Å². The first-order valence-electron chi connectivity index (χ1n) is 6.96. The van der Waals surface area contributed by atoms with Crippen LogP contribution in [0.2, 0.25) is 5.02 Å². The molecule has 22 heavy (non-hydrogen) atoms. The number of nitrogens with one attached hydrogen (secondary N) is 1. The predicted octanol–water partition coefficient (Wildman–Crippen LogP) is 3.43. The summed E-state index contributed by atoms with van der Waals surface area (Å²) in [6, 6.07) is 14.8. The Hall–Kier alpha value is -2.20. The molecule has 2 rings (SSSR count). The van der Waals surface area contributed by atoms with Gasteiger partial charge in [0.25, 0.3) is 0 Å². The van der Waals surface area contributed by atoms with Crippen molar-refractivity contribution in [2.24, 2.45) is 0 Å². The lowest BCUT2D eigenvalue weighted by molar-refractivity contribution is -0.121. The number of amides is 1. The quantitative estimate of drug-likeness (QED) is 0.850. The van der Waals surface area contributed by atoms with Gasteiger partial charge in [0.2, 0.25) is 5.91 Å². The Morgan fingerprint density at radius 3 is 2.64 bits per heavy atom. The first-order valence-corrected chi connectivity index (χ1v) is 7.34. The van der Waals surface area contributed by atoms with E-state index in [9.17, 15) is 4.79 Å². The zero-order chi connectivity index (χ0) is 15.8. The molecule has 0 atom stereocenters. The monoisotopic (exact) mass is 319 g/mol. The van der Waals surface area contributed by atoms with E-state index in [0.717, 1.165) is 11.3 Å². The lowest BCUT2D eigenvalue weighted by Gasteiger charge is -2.09. The SMILES string of the molecule is COc1ccc(CNC(=O)CCOc2ccccc2)cc1Cl. The molecule has 0 aliphatic rings. The van der Waals surface area contributed by atoms with E-state index >= 15 is 0 Å². The number of carbonyl (C=O) groups excluding carboxylic acids is 1. The highest BCUT2D eigenvalue weighted by Crippen LogP contribution is 2.24. The number of benzene rings is 2. The third-order valence-electron chi connectivity index (χ3n) is 3.05. The molecule has 0 bridgehead atoms. The van der Waals surface area contributed by atoms with Crippen molar-refractivity contribution in [2.45, 2.75) is 13.0 Å². The fourth-order valence-electron chi connectivity index (χ4n) is 1.89. The van der Waals surface area contributed by atoms with E-state index in [4.69, 9.17) is 21.1 Å². The first kappa shape index (κ1) is 16.2. The molecular weight excluding hydrogens is 302 g/mol. The van der Waals surface area contributed by atoms with Crippen LogP contribution >= 0.6 is 11.6 Å². The van der Waals surface area contributed by atoms with E-state index in [2.05, 4.69) is 5.32 Å². The predicted molar refractivity (Wildman–Crippen MR) is 86.4 cm³/mol. The number of halogens is 1. The second-order valence-electron chi connectivity index (χ2n) is 4.66. The minimum Gasteiger partial charge on any atom is -0.495 e. The van der Waals surface area contributed by atoms with Crippen LogP contribution in [0.5, 0.6) is 11.5 Å². The highest BCUT2D eigenvalue weighted by Gasteiger charge is 2.05. The third kappa shape index (κ3) is 4.97. The Morgan fingerprint density at radius 2 is 1.95 bits per heavy atom. The number of carbonyl (C=O) groups is 1. The van der Waals surface area contributed by atoms with Gasteiger partial charge < -0.3 is 14.8 Å². The molecule has 0 fully saturated rings. The van der Waals surface area contributed by atoms with Gasteiger partial charge in [0, 0.05) is 6.54 Å². The van der Waals surface area contributed by atoms with E-state index in [1.165, 1.54) is 0 Å². The Labute approximate surface area is 135 Å². The van der Waals surface area contributed by atoms with Gasteiger partial charge in [-0.15, -0.1) is 0 Å². The Bertz CT molecular complexity index is 617. The zero-order valence-corrected chi connectivity index (χ0v) is 13.1. The van der Waals surface area contributed by atoms with Gasteiger partial charge >= 0.3 is 0 Å². The van der Waals surface area contributed by atoms with Crippen molar-refractivity contribution in [3.05, 3.63) is 59.1 Å². The van der Waals surface area contributed by atoms with Crippen LogP contribution in [0, 0.1) is 0 Å². The lowest BCUT2D eigenvalue weighted by Crippen LogP contribution is -2.24. The van der Waals surface area contributed by atoms with Crippen molar-refractivity contribution in [1.29, 1.82) is 0 Å². The first-order chi connectivity index (χ1) is 10.7. The molecule has 0 saturated carbocycles. The van der Waals surface area contributed by atoms with Crippen molar-refractivity contribution in [2.75, 3.05) is 13.7 Å². The Morgan fingerprint density at radius 1 is 1.18 bits per heavy atom. The zero-order valence-electron chi connectivity index (χ0n) is 12.3. The van der Waals surface area contributed by atoms with Crippen molar-refractivity contribution < 1.29 is 14.3 Å². The molecule has 1 amide bonds. The molecule has 2 aromatic carbocycles. The smallest absolute Gasteiger partial charge is 0.223 e. The number of hydrogen-bond acceptors (Lipinski definition) is 3. The van der Waals surface area contributed by atoms with Gasteiger partial charge in [0.1, 0.15) is 11.5 Å². The summed E-state index contributed by atoms with van der Waals surface area (Å²) in [6.07, 6.45) is 0.304. The highest BCUT2D eigenvalue weighted by molar-refractivity contribution is 6.32. The maximum atomic E-state index is 11.8. The van der Waals surface area contributed by atoms with Crippen LogP contribution in [-0.2, 0) is 11.3 Å². The van der Waals surface area contributed by atoms with Crippen molar-refractivity contribution in [3.63, 3.8) is 0 Å². The van der Waals surface area contributed by atoms with Crippen LogP contribution in [0.4, 0.5) is 0 Å². The van der Waals surface area contributed by atoms with Gasteiger partial charge in [0.15, 0.2) is 0 Å². The maximum absolute atomic E-state index is 11.8. The summed E-state index contributed by atoms with van der Waals surface area (Å²) < 4.78 is 10.6. The van der Waals surface area contributed by atoms with E-state index in [0.29, 0.717) is 30.3 Å². The normalized spacial score (nSPS) is 10.1. The topological polar surface area (TPSA) is 47.6 Å². The third-order valence-corrected chi connectivity index (χ3v) is 3.34. The van der Waals surface area contributed by atoms with Gasteiger partial charge in [-0.3, -0.25) is 4.79 Å². The van der Waals surface area contributed by atoms with Crippen LogP contribution in [0.15, 0.2) is 48.5 Å². The number of para-hydroxylation sites is 1. The molecule has 116 valence electrons. The summed E-state index contributed by atoms with van der Waals surface area (Å²) >= 11 is 6.04. The van der Waals surface area contributed by atoms with Crippen LogP contribution < -0.4 is 14.8 Å². The van der Waals surface area contributed by atoms with E-state index < -0.39 is 0 Å². The summed E-state index contributed by atoms with van der Waals surface area (Å²) in [4.78, 5) is 11.8. The molecule has 2 aromatic rings. The lowest BCUT2D eigenvalue weighted by atomic mass is 10.2. The molecule has 0 saturated heterocycles. The Kier molecular flexibility index (Phi) is 6.10. The van der Waals surface area contributed by atoms with Gasteiger partial charge in [-0.25, -0.2) is 0 Å².